The summed E-state index contributed by atoms with van der Waals surface area (Å²) in [6.45, 7) is -0.322. The lowest BCUT2D eigenvalue weighted by atomic mass is 9.94. The van der Waals surface area contributed by atoms with Gasteiger partial charge in [-0.15, -0.1) is 13.2 Å². The zero-order valence-electron chi connectivity index (χ0n) is 13.0. The van der Waals surface area contributed by atoms with Crippen molar-refractivity contribution in [1.82, 2.24) is 10.2 Å². The number of Topliss-reactive ketones (excluding diaryl/α,β-unsaturated/α-hetero) is 1. The molecule has 2 aliphatic rings. The summed E-state index contributed by atoms with van der Waals surface area (Å²) in [6.07, 6.45) is -3.32. The highest BCUT2D eigenvalue weighted by molar-refractivity contribution is 5.88. The number of halogens is 3. The molecule has 2 heterocycles. The van der Waals surface area contributed by atoms with Gasteiger partial charge in [0.2, 0.25) is 11.8 Å². The van der Waals surface area contributed by atoms with E-state index in [1.54, 1.807) is 0 Å². The first kappa shape index (κ1) is 18.7. The van der Waals surface area contributed by atoms with Crippen LogP contribution < -0.4 is 11.1 Å². The van der Waals surface area contributed by atoms with Crippen molar-refractivity contribution >= 4 is 17.6 Å². The summed E-state index contributed by atoms with van der Waals surface area (Å²) in [7, 11) is 0. The number of nitrogens with zero attached hydrogens (tertiary/aromatic N) is 1. The summed E-state index contributed by atoms with van der Waals surface area (Å²) in [5.74, 6) is -2.14. The number of rotatable bonds is 7. The van der Waals surface area contributed by atoms with Gasteiger partial charge in [-0.1, -0.05) is 0 Å². The molecule has 24 heavy (non-hydrogen) atoms. The first-order valence-corrected chi connectivity index (χ1v) is 7.75. The average Bonchev–Trinajstić information content (AvgIpc) is 3.10. The maximum absolute atomic E-state index is 12.3. The number of amides is 2. The summed E-state index contributed by atoms with van der Waals surface area (Å²) in [5.41, 5.74) is 5.32. The molecule has 10 heteroatoms. The Kier molecular flexibility index (Phi) is 5.81. The smallest absolute Gasteiger partial charge is 0.368 e. The van der Waals surface area contributed by atoms with Crippen molar-refractivity contribution < 1.29 is 32.3 Å². The van der Waals surface area contributed by atoms with Crippen LogP contribution in [-0.4, -0.2) is 60.6 Å². The van der Waals surface area contributed by atoms with Crippen LogP contribution >= 0.6 is 0 Å². The summed E-state index contributed by atoms with van der Waals surface area (Å²) < 4.78 is 40.2. The lowest BCUT2D eigenvalue weighted by molar-refractivity contribution is -0.321. The second-order valence-corrected chi connectivity index (χ2v) is 6.03. The van der Waals surface area contributed by atoms with Gasteiger partial charge in [0, 0.05) is 12.5 Å². The quantitative estimate of drug-likeness (QED) is 0.669. The molecule has 0 bridgehead atoms. The highest BCUT2D eigenvalue weighted by Gasteiger charge is 2.41. The third-order valence-electron chi connectivity index (χ3n) is 4.44. The van der Waals surface area contributed by atoms with Gasteiger partial charge in [0.25, 0.3) is 0 Å². The third-order valence-corrected chi connectivity index (χ3v) is 4.44. The molecule has 0 saturated carbocycles. The van der Waals surface area contributed by atoms with Crippen LogP contribution in [0.4, 0.5) is 13.2 Å². The standard InChI is InChI=1S/C14H20F3N3O4/c15-14(16,17)24-7-11(21)10(6-8-3-4-19-13(8)23)20-5-1-2-9(20)12(18)22/h8-10H,1-7H2,(H2,18,22)(H,19,23)/t8-,9?,10-/m0/s1. The van der Waals surface area contributed by atoms with E-state index in [1.807, 2.05) is 0 Å². The maximum Gasteiger partial charge on any atom is 0.522 e. The molecule has 7 nitrogen and oxygen atoms in total. The van der Waals surface area contributed by atoms with Crippen LogP contribution in [0, 0.1) is 5.92 Å². The van der Waals surface area contributed by atoms with Gasteiger partial charge in [-0.3, -0.25) is 24.0 Å². The SMILES string of the molecule is NC(=O)C1CCCN1[C@@H](C[C@@H]1CCNC1=O)C(=O)COC(F)(F)F. The van der Waals surface area contributed by atoms with Crippen molar-refractivity contribution in [3.05, 3.63) is 0 Å². The van der Waals surface area contributed by atoms with Gasteiger partial charge in [-0.05, 0) is 32.2 Å². The Labute approximate surface area is 136 Å². The van der Waals surface area contributed by atoms with Crippen molar-refractivity contribution in [2.45, 2.75) is 44.1 Å². The lowest BCUT2D eigenvalue weighted by Gasteiger charge is -2.31. The topological polar surface area (TPSA) is 102 Å². The molecule has 136 valence electrons. The second-order valence-electron chi connectivity index (χ2n) is 6.03. The molecular formula is C14H20F3N3O4. The van der Waals surface area contributed by atoms with E-state index < -0.39 is 42.7 Å². The molecule has 0 aromatic rings. The van der Waals surface area contributed by atoms with Crippen molar-refractivity contribution in [1.29, 1.82) is 0 Å². The number of ether oxygens (including phenoxy) is 1. The fourth-order valence-electron chi connectivity index (χ4n) is 3.31. The molecule has 2 aliphatic heterocycles. The summed E-state index contributed by atoms with van der Waals surface area (Å²) in [6, 6.07) is -1.71. The molecule has 0 aromatic carbocycles. The molecule has 1 unspecified atom stereocenters. The van der Waals surface area contributed by atoms with Crippen molar-refractivity contribution in [3.8, 4) is 0 Å². The van der Waals surface area contributed by atoms with Gasteiger partial charge in [0.1, 0.15) is 6.61 Å². The minimum atomic E-state index is -4.92. The molecule has 2 rings (SSSR count). The van der Waals surface area contributed by atoms with Crippen LogP contribution in [0.25, 0.3) is 0 Å². The molecule has 0 spiro atoms. The van der Waals surface area contributed by atoms with E-state index in [-0.39, 0.29) is 12.3 Å². The normalized spacial score (nSPS) is 26.4. The highest BCUT2D eigenvalue weighted by Crippen LogP contribution is 2.27. The van der Waals surface area contributed by atoms with Crippen LogP contribution in [0.1, 0.15) is 25.7 Å². The average molecular weight is 351 g/mol. The number of hydrogen-bond acceptors (Lipinski definition) is 5. The summed E-state index contributed by atoms with van der Waals surface area (Å²) >= 11 is 0. The largest absolute Gasteiger partial charge is 0.522 e. The van der Waals surface area contributed by atoms with Crippen LogP contribution in [0.15, 0.2) is 0 Å². The fraction of sp³-hybridized carbons (Fsp3) is 0.786. The van der Waals surface area contributed by atoms with Crippen LogP contribution in [0.2, 0.25) is 0 Å². The van der Waals surface area contributed by atoms with Crippen molar-refractivity contribution in [2.75, 3.05) is 19.7 Å². The van der Waals surface area contributed by atoms with Gasteiger partial charge in [0.15, 0.2) is 5.78 Å². The van der Waals surface area contributed by atoms with Crippen LogP contribution in [-0.2, 0) is 19.1 Å². The first-order valence-electron chi connectivity index (χ1n) is 7.75. The predicted octanol–water partition coefficient (Wildman–Crippen LogP) is -0.0636. The van der Waals surface area contributed by atoms with Gasteiger partial charge >= 0.3 is 6.36 Å². The summed E-state index contributed by atoms with van der Waals surface area (Å²) in [5, 5.41) is 2.62. The number of hydrogen-bond donors (Lipinski definition) is 2. The van der Waals surface area contributed by atoms with E-state index in [0.717, 1.165) is 0 Å². The van der Waals surface area contributed by atoms with Gasteiger partial charge in [-0.25, -0.2) is 0 Å². The predicted molar refractivity (Wildman–Crippen MR) is 75.5 cm³/mol. The number of carbonyl (C=O) groups excluding carboxylic acids is 3. The maximum atomic E-state index is 12.3. The zero-order chi connectivity index (χ0) is 17.9. The fourth-order valence-corrected chi connectivity index (χ4v) is 3.31. The van der Waals surface area contributed by atoms with Gasteiger partial charge in [-0.2, -0.15) is 0 Å². The Morgan fingerprint density at radius 2 is 2.08 bits per heavy atom. The molecule has 3 N–H and O–H groups in total. The molecule has 2 fully saturated rings. The zero-order valence-corrected chi connectivity index (χ0v) is 13.0. The van der Waals surface area contributed by atoms with E-state index in [4.69, 9.17) is 5.73 Å². The van der Waals surface area contributed by atoms with Gasteiger partial charge in [0.05, 0.1) is 12.1 Å². The minimum absolute atomic E-state index is 0.0513. The van der Waals surface area contributed by atoms with Crippen LogP contribution in [0.3, 0.4) is 0 Å². The van der Waals surface area contributed by atoms with E-state index in [0.29, 0.717) is 32.4 Å². The number of likely N-dealkylation sites (tertiary alicyclic amines) is 1. The van der Waals surface area contributed by atoms with Crippen molar-refractivity contribution in [3.63, 3.8) is 0 Å². The Balaban J connectivity index is 2.12. The second kappa shape index (κ2) is 7.47. The molecule has 0 aliphatic carbocycles. The van der Waals surface area contributed by atoms with Crippen molar-refractivity contribution in [2.24, 2.45) is 11.7 Å². The molecule has 0 aromatic heterocycles. The number of primary amides is 1. The molecule has 2 saturated heterocycles. The molecule has 0 radical (unpaired) electrons. The molecular weight excluding hydrogens is 331 g/mol. The first-order chi connectivity index (χ1) is 11.2. The van der Waals surface area contributed by atoms with E-state index >= 15 is 0 Å². The van der Waals surface area contributed by atoms with E-state index in [9.17, 15) is 27.6 Å². The number of carbonyl (C=O) groups is 3. The van der Waals surface area contributed by atoms with E-state index in [1.165, 1.54) is 4.90 Å². The van der Waals surface area contributed by atoms with E-state index in [2.05, 4.69) is 10.1 Å². The highest BCUT2D eigenvalue weighted by atomic mass is 19.4. The lowest BCUT2D eigenvalue weighted by Crippen LogP contribution is -2.51. The molecule has 2 amide bonds. The number of ketones is 1. The number of alkyl halides is 3. The Bertz CT molecular complexity index is 512. The molecule has 3 atom stereocenters. The van der Waals surface area contributed by atoms with Crippen LogP contribution in [0.5, 0.6) is 0 Å². The minimum Gasteiger partial charge on any atom is -0.368 e. The number of nitrogens with two attached hydrogens (primary N) is 1. The Morgan fingerprint density at radius 3 is 2.62 bits per heavy atom. The summed E-state index contributed by atoms with van der Waals surface area (Å²) in [4.78, 5) is 37.1. The Morgan fingerprint density at radius 1 is 1.38 bits per heavy atom. The monoisotopic (exact) mass is 351 g/mol. The Hall–Kier alpha value is -1.68. The third kappa shape index (κ3) is 4.67. The van der Waals surface area contributed by atoms with Gasteiger partial charge < -0.3 is 11.1 Å². The number of nitrogens with one attached hydrogen (secondary N) is 1.